The van der Waals surface area contributed by atoms with Crippen molar-refractivity contribution in [2.24, 2.45) is 5.92 Å². The van der Waals surface area contributed by atoms with Gasteiger partial charge in [-0.25, -0.2) is 0 Å². The fourth-order valence-corrected chi connectivity index (χ4v) is 3.92. The summed E-state index contributed by atoms with van der Waals surface area (Å²) in [5, 5.41) is 3.68. The van der Waals surface area contributed by atoms with Crippen LogP contribution in [0.1, 0.15) is 38.2 Å². The maximum atomic E-state index is 3.68. The van der Waals surface area contributed by atoms with Gasteiger partial charge >= 0.3 is 0 Å². The van der Waals surface area contributed by atoms with Gasteiger partial charge in [0.15, 0.2) is 0 Å². The molecule has 1 N–H and O–H groups in total. The van der Waals surface area contributed by atoms with Gasteiger partial charge in [0.05, 0.1) is 0 Å². The lowest BCUT2D eigenvalue weighted by Gasteiger charge is -2.37. The Morgan fingerprint density at radius 2 is 2.00 bits per heavy atom. The molecule has 2 heteroatoms. The van der Waals surface area contributed by atoms with Gasteiger partial charge in [-0.2, -0.15) is 0 Å². The van der Waals surface area contributed by atoms with Crippen LogP contribution in [0.3, 0.4) is 0 Å². The number of nitrogens with zero attached hydrogens (tertiary/aromatic N) is 1. The Morgan fingerprint density at radius 3 is 2.79 bits per heavy atom. The molecule has 1 heterocycles. The van der Waals surface area contributed by atoms with Crippen LogP contribution in [0.5, 0.6) is 0 Å². The molecule has 3 atom stereocenters. The molecule has 1 aliphatic heterocycles. The Morgan fingerprint density at radius 1 is 1.21 bits per heavy atom. The zero-order valence-electron chi connectivity index (χ0n) is 12.2. The molecule has 3 unspecified atom stereocenters. The van der Waals surface area contributed by atoms with Crippen molar-refractivity contribution in [3.8, 4) is 0 Å². The Kier molecular flexibility index (Phi) is 3.79. The van der Waals surface area contributed by atoms with Crippen LogP contribution in [0, 0.1) is 5.92 Å². The molecule has 0 spiro atoms. The second kappa shape index (κ2) is 5.54. The average molecular weight is 258 g/mol. The highest BCUT2D eigenvalue weighted by molar-refractivity contribution is 5.56. The maximum Gasteiger partial charge on any atom is 0.0429 e. The number of hydrogen-bond donors (Lipinski definition) is 1. The van der Waals surface area contributed by atoms with Crippen LogP contribution in [-0.2, 0) is 6.42 Å². The Bertz CT molecular complexity index is 404. The van der Waals surface area contributed by atoms with Crippen LogP contribution < -0.4 is 5.32 Å². The summed E-state index contributed by atoms with van der Waals surface area (Å²) in [6, 6.07) is 10.1. The number of benzene rings is 1. The summed E-state index contributed by atoms with van der Waals surface area (Å²) >= 11 is 0. The minimum Gasteiger partial charge on any atom is -0.380 e. The van der Waals surface area contributed by atoms with Gasteiger partial charge in [0.2, 0.25) is 0 Å². The van der Waals surface area contributed by atoms with E-state index in [0.29, 0.717) is 6.04 Å². The number of nitrogens with one attached hydrogen (secondary N) is 1. The first kappa shape index (κ1) is 13.0. The third kappa shape index (κ3) is 2.79. The third-order valence-corrected chi connectivity index (χ3v) is 4.98. The molecule has 104 valence electrons. The SMILES string of the molecule is CC1CCCCC1N(C)CC1Cc2ccccc2N1. The highest BCUT2D eigenvalue weighted by Crippen LogP contribution is 2.29. The molecule has 0 radical (unpaired) electrons. The summed E-state index contributed by atoms with van der Waals surface area (Å²) in [6.07, 6.45) is 6.82. The molecule has 0 aromatic heterocycles. The Hall–Kier alpha value is -1.02. The molecule has 19 heavy (non-hydrogen) atoms. The lowest BCUT2D eigenvalue weighted by atomic mass is 9.85. The van der Waals surface area contributed by atoms with Crippen molar-refractivity contribution in [2.75, 3.05) is 18.9 Å². The zero-order valence-corrected chi connectivity index (χ0v) is 12.2. The third-order valence-electron chi connectivity index (χ3n) is 4.98. The van der Waals surface area contributed by atoms with Gasteiger partial charge < -0.3 is 10.2 Å². The monoisotopic (exact) mass is 258 g/mol. The molecule has 2 aliphatic rings. The predicted molar refractivity (Wildman–Crippen MR) is 81.6 cm³/mol. The van der Waals surface area contributed by atoms with E-state index < -0.39 is 0 Å². The fourth-order valence-electron chi connectivity index (χ4n) is 3.92. The molecular formula is C17H26N2. The molecule has 3 rings (SSSR count). The summed E-state index contributed by atoms with van der Waals surface area (Å²) < 4.78 is 0. The van der Waals surface area contributed by atoms with Gasteiger partial charge in [0.25, 0.3) is 0 Å². The van der Waals surface area contributed by atoms with Crippen molar-refractivity contribution in [2.45, 2.75) is 51.1 Å². The quantitative estimate of drug-likeness (QED) is 0.892. The second-order valence-corrected chi connectivity index (χ2v) is 6.47. The number of fused-ring (bicyclic) bond motifs is 1. The standard InChI is InChI=1S/C17H26N2/c1-13-7-3-6-10-17(13)19(2)12-15-11-14-8-4-5-9-16(14)18-15/h4-5,8-9,13,15,17-18H,3,6-7,10-12H2,1-2H3. The Labute approximate surface area is 117 Å². The van der Waals surface area contributed by atoms with Crippen LogP contribution >= 0.6 is 0 Å². The fraction of sp³-hybridized carbons (Fsp3) is 0.647. The molecule has 1 aromatic carbocycles. The highest BCUT2D eigenvalue weighted by Gasteiger charge is 2.28. The van der Waals surface area contributed by atoms with Crippen LogP contribution in [-0.4, -0.2) is 30.6 Å². The van der Waals surface area contributed by atoms with E-state index in [9.17, 15) is 0 Å². The second-order valence-electron chi connectivity index (χ2n) is 6.47. The van der Waals surface area contributed by atoms with Crippen molar-refractivity contribution in [3.05, 3.63) is 29.8 Å². The van der Waals surface area contributed by atoms with Gasteiger partial charge in [-0.3, -0.25) is 0 Å². The molecule has 0 bridgehead atoms. The first-order chi connectivity index (χ1) is 9.24. The first-order valence-electron chi connectivity index (χ1n) is 7.78. The molecule has 2 nitrogen and oxygen atoms in total. The predicted octanol–water partition coefficient (Wildman–Crippen LogP) is 3.53. The molecule has 1 fully saturated rings. The smallest absolute Gasteiger partial charge is 0.0429 e. The summed E-state index contributed by atoms with van der Waals surface area (Å²) in [5.74, 6) is 0.863. The molecular weight excluding hydrogens is 232 g/mol. The lowest BCUT2D eigenvalue weighted by Crippen LogP contribution is -2.44. The van der Waals surface area contributed by atoms with E-state index in [1.807, 2.05) is 0 Å². The lowest BCUT2D eigenvalue weighted by molar-refractivity contribution is 0.135. The van der Waals surface area contributed by atoms with Crippen LogP contribution in [0.2, 0.25) is 0 Å². The molecule has 1 aromatic rings. The molecule has 0 amide bonds. The zero-order chi connectivity index (χ0) is 13.2. The number of para-hydroxylation sites is 1. The number of hydrogen-bond acceptors (Lipinski definition) is 2. The average Bonchev–Trinajstić information content (AvgIpc) is 2.81. The molecule has 1 saturated carbocycles. The minimum absolute atomic E-state index is 0.594. The van der Waals surface area contributed by atoms with Gasteiger partial charge in [-0.15, -0.1) is 0 Å². The molecule has 1 aliphatic carbocycles. The van der Waals surface area contributed by atoms with E-state index in [0.717, 1.165) is 12.0 Å². The van der Waals surface area contributed by atoms with Crippen molar-refractivity contribution in [3.63, 3.8) is 0 Å². The number of rotatable bonds is 3. The van der Waals surface area contributed by atoms with E-state index in [4.69, 9.17) is 0 Å². The van der Waals surface area contributed by atoms with Crippen LogP contribution in [0.4, 0.5) is 5.69 Å². The summed E-state index contributed by atoms with van der Waals surface area (Å²) in [7, 11) is 2.32. The van der Waals surface area contributed by atoms with E-state index in [2.05, 4.69) is 48.5 Å². The topological polar surface area (TPSA) is 15.3 Å². The summed E-state index contributed by atoms with van der Waals surface area (Å²) in [4.78, 5) is 2.60. The van der Waals surface area contributed by atoms with Crippen molar-refractivity contribution < 1.29 is 0 Å². The van der Waals surface area contributed by atoms with Crippen molar-refractivity contribution >= 4 is 5.69 Å². The maximum absolute atomic E-state index is 3.68. The van der Waals surface area contributed by atoms with Crippen LogP contribution in [0.25, 0.3) is 0 Å². The number of likely N-dealkylation sites (N-methyl/N-ethyl adjacent to an activating group) is 1. The van der Waals surface area contributed by atoms with E-state index in [-0.39, 0.29) is 0 Å². The van der Waals surface area contributed by atoms with Crippen molar-refractivity contribution in [1.29, 1.82) is 0 Å². The van der Waals surface area contributed by atoms with E-state index in [1.54, 1.807) is 0 Å². The largest absolute Gasteiger partial charge is 0.380 e. The van der Waals surface area contributed by atoms with Crippen molar-refractivity contribution in [1.82, 2.24) is 4.90 Å². The minimum atomic E-state index is 0.594. The van der Waals surface area contributed by atoms with E-state index in [1.165, 1.54) is 49.9 Å². The first-order valence-corrected chi connectivity index (χ1v) is 7.78. The van der Waals surface area contributed by atoms with Gasteiger partial charge in [-0.05, 0) is 43.9 Å². The van der Waals surface area contributed by atoms with Gasteiger partial charge in [-0.1, -0.05) is 38.0 Å². The normalized spacial score (nSPS) is 30.2. The van der Waals surface area contributed by atoms with Gasteiger partial charge in [0.1, 0.15) is 0 Å². The summed E-state index contributed by atoms with van der Waals surface area (Å²) in [6.45, 7) is 3.60. The summed E-state index contributed by atoms with van der Waals surface area (Å²) in [5.41, 5.74) is 2.83. The molecule has 0 saturated heterocycles. The Balaban J connectivity index is 1.58. The highest BCUT2D eigenvalue weighted by atomic mass is 15.2. The van der Waals surface area contributed by atoms with E-state index >= 15 is 0 Å². The van der Waals surface area contributed by atoms with Gasteiger partial charge in [0, 0.05) is 24.3 Å². The van der Waals surface area contributed by atoms with Crippen LogP contribution in [0.15, 0.2) is 24.3 Å². The number of anilines is 1.